The van der Waals surface area contributed by atoms with Crippen molar-refractivity contribution in [3.8, 4) is 0 Å². The van der Waals surface area contributed by atoms with Crippen LogP contribution in [0.5, 0.6) is 0 Å². The molecule has 0 bridgehead atoms. The Balaban J connectivity index is 1.74. The van der Waals surface area contributed by atoms with Gasteiger partial charge in [0.1, 0.15) is 18.5 Å². The van der Waals surface area contributed by atoms with Gasteiger partial charge in [0.15, 0.2) is 0 Å². The van der Waals surface area contributed by atoms with E-state index in [1.54, 1.807) is 45.0 Å². The molecular formula is C20H20FNO5. The van der Waals surface area contributed by atoms with Crippen molar-refractivity contribution < 1.29 is 28.6 Å². The Bertz CT molecular complexity index is 809. The van der Waals surface area contributed by atoms with E-state index < -0.39 is 29.3 Å². The summed E-state index contributed by atoms with van der Waals surface area (Å²) >= 11 is 0. The molecular weight excluding hydrogens is 353 g/mol. The fourth-order valence-corrected chi connectivity index (χ4v) is 2.49. The summed E-state index contributed by atoms with van der Waals surface area (Å²) < 4.78 is 13.2. The summed E-state index contributed by atoms with van der Waals surface area (Å²) in [5.41, 5.74) is 0.561. The van der Waals surface area contributed by atoms with Crippen LogP contribution in [0.4, 0.5) is 4.39 Å². The maximum Gasteiger partial charge on any atom is 0.285 e. The van der Waals surface area contributed by atoms with Gasteiger partial charge in [-0.1, -0.05) is 24.3 Å². The Hall–Kier alpha value is -2.61. The van der Waals surface area contributed by atoms with E-state index in [4.69, 9.17) is 14.6 Å². The van der Waals surface area contributed by atoms with Crippen LogP contribution in [-0.4, -0.2) is 29.1 Å². The number of imide groups is 1. The molecule has 2 aromatic rings. The number of carbonyl (C=O) groups excluding carboxylic acids is 2. The monoisotopic (exact) mass is 373 g/mol. The molecule has 0 fully saturated rings. The van der Waals surface area contributed by atoms with Crippen LogP contribution in [0, 0.1) is 5.82 Å². The lowest BCUT2D eigenvalue weighted by Crippen LogP contribution is -2.32. The second-order valence-electron chi connectivity index (χ2n) is 7.08. The molecule has 3 rings (SSSR count). The maximum absolute atomic E-state index is 13.2. The Labute approximate surface area is 156 Å². The number of hydrogen-bond acceptors (Lipinski definition) is 5. The van der Waals surface area contributed by atoms with Crippen molar-refractivity contribution in [1.29, 1.82) is 0 Å². The molecule has 1 heterocycles. The SMILES string of the molecule is CC(C)(C)OOC(CON1C(=O)c2ccccc2C1=O)c1ccc(F)cc1. The van der Waals surface area contributed by atoms with E-state index in [0.717, 1.165) is 0 Å². The highest BCUT2D eigenvalue weighted by atomic mass is 19.1. The minimum atomic E-state index is -0.769. The molecule has 0 N–H and O–H groups in total. The molecule has 1 unspecified atom stereocenters. The average molecular weight is 373 g/mol. The second-order valence-corrected chi connectivity index (χ2v) is 7.08. The lowest BCUT2D eigenvalue weighted by Gasteiger charge is -2.24. The zero-order valence-corrected chi connectivity index (χ0v) is 15.3. The van der Waals surface area contributed by atoms with Crippen molar-refractivity contribution in [2.45, 2.75) is 32.5 Å². The van der Waals surface area contributed by atoms with Crippen LogP contribution >= 0.6 is 0 Å². The number of rotatable bonds is 6. The molecule has 6 nitrogen and oxygen atoms in total. The van der Waals surface area contributed by atoms with Gasteiger partial charge in [0.25, 0.3) is 11.8 Å². The normalized spacial score (nSPS) is 15.2. The number of nitrogens with zero attached hydrogens (tertiary/aromatic N) is 1. The minimum absolute atomic E-state index is 0.173. The average Bonchev–Trinajstić information content (AvgIpc) is 2.87. The lowest BCUT2D eigenvalue weighted by molar-refractivity contribution is -0.383. The molecule has 1 aliphatic rings. The molecule has 0 saturated carbocycles. The first kappa shape index (κ1) is 19.2. The van der Waals surface area contributed by atoms with Crippen molar-refractivity contribution >= 4 is 11.8 Å². The quantitative estimate of drug-likeness (QED) is 0.437. The summed E-state index contributed by atoms with van der Waals surface area (Å²) in [6, 6.07) is 12.1. The molecule has 0 radical (unpaired) electrons. The van der Waals surface area contributed by atoms with Crippen LogP contribution in [0.25, 0.3) is 0 Å². The number of hydroxylamine groups is 2. The first-order valence-corrected chi connectivity index (χ1v) is 8.47. The third kappa shape index (κ3) is 4.39. The molecule has 1 aliphatic heterocycles. The van der Waals surface area contributed by atoms with E-state index in [2.05, 4.69) is 0 Å². The Morgan fingerprint density at radius 2 is 1.52 bits per heavy atom. The van der Waals surface area contributed by atoms with Gasteiger partial charge in [-0.15, -0.1) is 5.06 Å². The van der Waals surface area contributed by atoms with Gasteiger partial charge in [0.05, 0.1) is 16.7 Å². The Kier molecular flexibility index (Phi) is 5.36. The van der Waals surface area contributed by atoms with E-state index >= 15 is 0 Å². The first-order valence-electron chi connectivity index (χ1n) is 8.47. The molecule has 2 aromatic carbocycles. The van der Waals surface area contributed by atoms with Crippen molar-refractivity contribution in [2.75, 3.05) is 6.61 Å². The summed E-state index contributed by atoms with van der Waals surface area (Å²) in [7, 11) is 0. The number of hydrogen-bond donors (Lipinski definition) is 0. The molecule has 0 aliphatic carbocycles. The van der Waals surface area contributed by atoms with Crippen LogP contribution in [0.2, 0.25) is 0 Å². The van der Waals surface area contributed by atoms with E-state index in [1.165, 1.54) is 24.3 Å². The molecule has 1 atom stereocenters. The molecule has 7 heteroatoms. The summed E-state index contributed by atoms with van der Waals surface area (Å²) in [6.07, 6.45) is -0.769. The lowest BCUT2D eigenvalue weighted by atomic mass is 10.1. The summed E-state index contributed by atoms with van der Waals surface area (Å²) in [6.45, 7) is 5.24. The van der Waals surface area contributed by atoms with E-state index in [-0.39, 0.29) is 17.7 Å². The maximum atomic E-state index is 13.2. The third-order valence-corrected chi connectivity index (χ3v) is 3.77. The van der Waals surface area contributed by atoms with E-state index in [1.807, 2.05) is 0 Å². The van der Waals surface area contributed by atoms with Crippen LogP contribution in [0.15, 0.2) is 48.5 Å². The van der Waals surface area contributed by atoms with Gasteiger partial charge in [-0.25, -0.2) is 14.2 Å². The van der Waals surface area contributed by atoms with Gasteiger partial charge < -0.3 is 0 Å². The molecule has 142 valence electrons. The molecule has 0 aromatic heterocycles. The summed E-state index contributed by atoms with van der Waals surface area (Å²) in [4.78, 5) is 41.0. The van der Waals surface area contributed by atoms with E-state index in [0.29, 0.717) is 10.6 Å². The fourth-order valence-electron chi connectivity index (χ4n) is 2.49. The van der Waals surface area contributed by atoms with Gasteiger partial charge in [0.2, 0.25) is 0 Å². The number of benzene rings is 2. The highest BCUT2D eigenvalue weighted by molar-refractivity contribution is 6.20. The molecule has 2 amide bonds. The van der Waals surface area contributed by atoms with Crippen molar-refractivity contribution in [1.82, 2.24) is 5.06 Å². The topological polar surface area (TPSA) is 65.1 Å². The Morgan fingerprint density at radius 3 is 2.04 bits per heavy atom. The van der Waals surface area contributed by atoms with Crippen molar-refractivity contribution in [3.05, 3.63) is 71.0 Å². The third-order valence-electron chi connectivity index (χ3n) is 3.77. The van der Waals surface area contributed by atoms with Gasteiger partial charge in [-0.3, -0.25) is 14.4 Å². The predicted octanol–water partition coefficient (Wildman–Crippen LogP) is 3.84. The minimum Gasteiger partial charge on any atom is -0.266 e. The predicted molar refractivity (Wildman–Crippen MR) is 94.0 cm³/mol. The van der Waals surface area contributed by atoms with Crippen LogP contribution in [-0.2, 0) is 14.6 Å². The van der Waals surface area contributed by atoms with Crippen LogP contribution in [0.3, 0.4) is 0 Å². The summed E-state index contributed by atoms with van der Waals surface area (Å²) in [5, 5.41) is 0.710. The van der Waals surface area contributed by atoms with Gasteiger partial charge >= 0.3 is 0 Å². The van der Waals surface area contributed by atoms with E-state index in [9.17, 15) is 14.0 Å². The molecule has 0 spiro atoms. The van der Waals surface area contributed by atoms with Gasteiger partial charge in [-0.2, -0.15) is 0 Å². The standard InChI is InChI=1S/C20H20FNO5/c1-20(2,3)27-26-17(13-8-10-14(21)11-9-13)12-25-22-18(23)15-6-4-5-7-16(15)19(22)24/h4-11,17H,12H2,1-3H3. The first-order chi connectivity index (χ1) is 12.8. The zero-order chi connectivity index (χ0) is 19.6. The number of fused-ring (bicyclic) bond motifs is 1. The van der Waals surface area contributed by atoms with Gasteiger partial charge in [0, 0.05) is 0 Å². The highest BCUT2D eigenvalue weighted by Gasteiger charge is 2.37. The smallest absolute Gasteiger partial charge is 0.266 e. The largest absolute Gasteiger partial charge is 0.285 e. The zero-order valence-electron chi connectivity index (χ0n) is 15.3. The Morgan fingerprint density at radius 1 is 0.963 bits per heavy atom. The summed E-state index contributed by atoms with van der Waals surface area (Å²) in [5.74, 6) is -1.47. The van der Waals surface area contributed by atoms with Crippen molar-refractivity contribution in [2.24, 2.45) is 0 Å². The van der Waals surface area contributed by atoms with Gasteiger partial charge in [-0.05, 0) is 50.6 Å². The van der Waals surface area contributed by atoms with Crippen molar-refractivity contribution in [3.63, 3.8) is 0 Å². The fraction of sp³-hybridized carbons (Fsp3) is 0.300. The van der Waals surface area contributed by atoms with Crippen LogP contribution in [0.1, 0.15) is 53.2 Å². The van der Waals surface area contributed by atoms with Crippen LogP contribution < -0.4 is 0 Å². The highest BCUT2D eigenvalue weighted by Crippen LogP contribution is 2.26. The number of carbonyl (C=O) groups is 2. The number of halogens is 1. The molecule has 27 heavy (non-hydrogen) atoms. The second kappa shape index (κ2) is 7.56. The number of amides is 2. The molecule has 0 saturated heterocycles.